The van der Waals surface area contributed by atoms with Crippen molar-refractivity contribution in [2.75, 3.05) is 31.1 Å². The van der Waals surface area contributed by atoms with E-state index in [-0.39, 0.29) is 24.1 Å². The van der Waals surface area contributed by atoms with Crippen LogP contribution in [-0.2, 0) is 4.79 Å². The van der Waals surface area contributed by atoms with E-state index in [1.165, 1.54) is 0 Å². The van der Waals surface area contributed by atoms with Gasteiger partial charge in [0.15, 0.2) is 0 Å². The van der Waals surface area contributed by atoms with E-state index >= 15 is 0 Å². The molecule has 1 aromatic heterocycles. The lowest BCUT2D eigenvalue weighted by Crippen LogP contribution is -2.55. The Bertz CT molecular complexity index is 896. The average molecular weight is 412 g/mol. The average Bonchev–Trinajstić information content (AvgIpc) is 2.74. The highest BCUT2D eigenvalue weighted by atomic mass is 16.3. The molecule has 162 valence electrons. The van der Waals surface area contributed by atoms with E-state index in [1.54, 1.807) is 12.4 Å². The third-order valence-corrected chi connectivity index (χ3v) is 6.58. The predicted molar refractivity (Wildman–Crippen MR) is 118 cm³/mol. The summed E-state index contributed by atoms with van der Waals surface area (Å²) in [7, 11) is 0. The molecular weight excluding hydrogens is 378 g/mol. The maximum Gasteiger partial charge on any atom is 0.237 e. The van der Waals surface area contributed by atoms with Crippen LogP contribution in [0, 0.1) is 12.8 Å². The van der Waals surface area contributed by atoms with Crippen molar-refractivity contribution in [1.29, 1.82) is 0 Å². The van der Waals surface area contributed by atoms with Gasteiger partial charge in [0.05, 0.1) is 23.3 Å². The first-order valence-corrected chi connectivity index (χ1v) is 11.1. The zero-order valence-corrected chi connectivity index (χ0v) is 18.2. The number of hydrogen-bond acceptors (Lipinski definition) is 6. The van der Waals surface area contributed by atoms with Crippen LogP contribution < -0.4 is 10.2 Å². The molecule has 0 saturated carbocycles. The van der Waals surface area contributed by atoms with E-state index in [1.807, 2.05) is 6.92 Å². The third kappa shape index (κ3) is 4.42. The molecule has 1 amide bonds. The Kier molecular flexibility index (Phi) is 6.20. The SMILES string of the molecule is Cc1ccc(N2C[C@@H](C)C[C@@H](NC(=O)C(C)N3CCC(O)CC3)C2)c2nccnc12. The van der Waals surface area contributed by atoms with Crippen LogP contribution in [-0.4, -0.2) is 70.2 Å². The van der Waals surface area contributed by atoms with Crippen LogP contribution in [0.4, 0.5) is 5.69 Å². The molecule has 7 nitrogen and oxygen atoms in total. The van der Waals surface area contributed by atoms with Gasteiger partial charge < -0.3 is 15.3 Å². The number of rotatable bonds is 4. The smallest absolute Gasteiger partial charge is 0.237 e. The largest absolute Gasteiger partial charge is 0.393 e. The minimum atomic E-state index is -0.225. The first-order chi connectivity index (χ1) is 14.4. The molecule has 3 atom stereocenters. The number of anilines is 1. The second-order valence-electron chi connectivity index (χ2n) is 9.05. The fraction of sp³-hybridized carbons (Fsp3) is 0.609. The van der Waals surface area contributed by atoms with Gasteiger partial charge in [-0.2, -0.15) is 0 Å². The number of amides is 1. The number of nitrogens with zero attached hydrogens (tertiary/aromatic N) is 4. The number of aliphatic hydroxyl groups is 1. The second kappa shape index (κ2) is 8.86. The van der Waals surface area contributed by atoms with Gasteiger partial charge in [0, 0.05) is 44.6 Å². The summed E-state index contributed by atoms with van der Waals surface area (Å²) in [5.74, 6) is 0.552. The summed E-state index contributed by atoms with van der Waals surface area (Å²) < 4.78 is 0. The minimum absolute atomic E-state index is 0.0824. The highest BCUT2D eigenvalue weighted by Crippen LogP contribution is 2.30. The number of carbonyl (C=O) groups excluding carboxylic acids is 1. The van der Waals surface area contributed by atoms with Crippen LogP contribution in [0.3, 0.4) is 0 Å². The highest BCUT2D eigenvalue weighted by molar-refractivity contribution is 5.90. The van der Waals surface area contributed by atoms with Gasteiger partial charge in [0.1, 0.15) is 5.52 Å². The Morgan fingerprint density at radius 1 is 1.17 bits per heavy atom. The number of hydrogen-bond donors (Lipinski definition) is 2. The molecular formula is C23H33N5O2. The summed E-state index contributed by atoms with van der Waals surface area (Å²) in [6.45, 7) is 9.54. The lowest BCUT2D eigenvalue weighted by atomic mass is 9.94. The molecule has 1 unspecified atom stereocenters. The summed E-state index contributed by atoms with van der Waals surface area (Å²) in [5.41, 5.74) is 4.08. The van der Waals surface area contributed by atoms with E-state index in [0.29, 0.717) is 5.92 Å². The van der Waals surface area contributed by atoms with Gasteiger partial charge in [0.2, 0.25) is 5.91 Å². The highest BCUT2D eigenvalue weighted by Gasteiger charge is 2.31. The number of fused-ring (bicyclic) bond motifs is 1. The molecule has 0 bridgehead atoms. The first kappa shape index (κ1) is 21.0. The Balaban J connectivity index is 1.46. The quantitative estimate of drug-likeness (QED) is 0.802. The topological polar surface area (TPSA) is 81.6 Å². The molecule has 2 N–H and O–H groups in total. The molecule has 2 saturated heterocycles. The molecule has 1 aromatic carbocycles. The van der Waals surface area contributed by atoms with Crippen LogP contribution in [0.15, 0.2) is 24.5 Å². The zero-order chi connectivity index (χ0) is 21.3. The van der Waals surface area contributed by atoms with Crippen molar-refractivity contribution in [1.82, 2.24) is 20.2 Å². The second-order valence-corrected chi connectivity index (χ2v) is 9.05. The molecule has 2 aliphatic rings. The van der Waals surface area contributed by atoms with Crippen molar-refractivity contribution in [2.24, 2.45) is 5.92 Å². The van der Waals surface area contributed by atoms with Crippen LogP contribution >= 0.6 is 0 Å². The summed E-state index contributed by atoms with van der Waals surface area (Å²) in [4.78, 5) is 26.6. The van der Waals surface area contributed by atoms with Crippen molar-refractivity contribution >= 4 is 22.6 Å². The molecule has 30 heavy (non-hydrogen) atoms. The number of aromatic nitrogens is 2. The van der Waals surface area contributed by atoms with Crippen LogP contribution in [0.25, 0.3) is 11.0 Å². The van der Waals surface area contributed by atoms with E-state index in [2.05, 4.69) is 51.1 Å². The molecule has 7 heteroatoms. The summed E-state index contributed by atoms with van der Waals surface area (Å²) in [6.07, 6.45) is 5.72. The number of carbonyl (C=O) groups is 1. The van der Waals surface area contributed by atoms with Crippen molar-refractivity contribution in [3.8, 4) is 0 Å². The van der Waals surface area contributed by atoms with Crippen molar-refractivity contribution in [3.63, 3.8) is 0 Å². The lowest BCUT2D eigenvalue weighted by Gasteiger charge is -2.40. The van der Waals surface area contributed by atoms with Gasteiger partial charge >= 0.3 is 0 Å². The standard InChI is InChI=1S/C23H33N5O2/c1-15-12-18(26-23(30)17(3)27-10-6-19(29)7-11-27)14-28(13-15)20-5-4-16(2)21-22(20)25-9-8-24-21/h4-5,8-9,15,17-19,29H,6-7,10-14H2,1-3H3,(H,26,30)/t15-,17?,18+/m0/s1. The fourth-order valence-corrected chi connectivity index (χ4v) is 4.84. The number of nitrogens with one attached hydrogen (secondary N) is 1. The van der Waals surface area contributed by atoms with Crippen LogP contribution in [0.1, 0.15) is 38.7 Å². The Labute approximate surface area is 178 Å². The van der Waals surface area contributed by atoms with Gasteiger partial charge in [-0.25, -0.2) is 0 Å². The maximum absolute atomic E-state index is 12.9. The molecule has 2 aliphatic heterocycles. The van der Waals surface area contributed by atoms with Gasteiger partial charge in [0.25, 0.3) is 0 Å². The molecule has 2 aromatic rings. The molecule has 3 heterocycles. The summed E-state index contributed by atoms with van der Waals surface area (Å²) in [6, 6.07) is 4.16. The number of piperidine rings is 2. The van der Waals surface area contributed by atoms with Crippen LogP contribution in [0.2, 0.25) is 0 Å². The molecule has 4 rings (SSSR count). The predicted octanol–water partition coefficient (Wildman–Crippen LogP) is 2.11. The van der Waals surface area contributed by atoms with E-state index < -0.39 is 0 Å². The van der Waals surface area contributed by atoms with Gasteiger partial charge in [-0.1, -0.05) is 13.0 Å². The summed E-state index contributed by atoms with van der Waals surface area (Å²) in [5, 5.41) is 13.0. The lowest BCUT2D eigenvalue weighted by molar-refractivity contribution is -0.127. The van der Waals surface area contributed by atoms with E-state index in [4.69, 9.17) is 0 Å². The minimum Gasteiger partial charge on any atom is -0.393 e. The summed E-state index contributed by atoms with van der Waals surface area (Å²) >= 11 is 0. The fourth-order valence-electron chi connectivity index (χ4n) is 4.84. The van der Waals surface area contributed by atoms with Crippen molar-refractivity contribution < 1.29 is 9.90 Å². The molecule has 0 spiro atoms. The Morgan fingerprint density at radius 2 is 1.87 bits per heavy atom. The molecule has 2 fully saturated rings. The molecule has 0 aliphatic carbocycles. The van der Waals surface area contributed by atoms with E-state index in [9.17, 15) is 9.90 Å². The van der Waals surface area contributed by atoms with Crippen LogP contribution in [0.5, 0.6) is 0 Å². The number of aliphatic hydroxyl groups excluding tert-OH is 1. The van der Waals surface area contributed by atoms with E-state index in [0.717, 1.165) is 67.7 Å². The molecule has 0 radical (unpaired) electrons. The number of likely N-dealkylation sites (tertiary alicyclic amines) is 1. The Morgan fingerprint density at radius 3 is 2.60 bits per heavy atom. The maximum atomic E-state index is 12.9. The monoisotopic (exact) mass is 411 g/mol. The third-order valence-electron chi connectivity index (χ3n) is 6.58. The van der Waals surface area contributed by atoms with Gasteiger partial charge in [-0.3, -0.25) is 19.7 Å². The normalized spacial score (nSPS) is 24.7. The van der Waals surface area contributed by atoms with Gasteiger partial charge in [-0.05, 0) is 50.7 Å². The first-order valence-electron chi connectivity index (χ1n) is 11.1. The van der Waals surface area contributed by atoms with Gasteiger partial charge in [-0.15, -0.1) is 0 Å². The Hall–Kier alpha value is -2.25. The zero-order valence-electron chi connectivity index (χ0n) is 18.2. The van der Waals surface area contributed by atoms with Crippen molar-refractivity contribution in [2.45, 2.75) is 58.2 Å². The number of aryl methyl sites for hydroxylation is 1. The number of benzene rings is 1. The van der Waals surface area contributed by atoms with Crippen molar-refractivity contribution in [3.05, 3.63) is 30.1 Å².